The van der Waals surface area contributed by atoms with Gasteiger partial charge in [0.05, 0.1) is 0 Å². The number of hydrogen-bond acceptors (Lipinski definition) is 4. The molecule has 0 atom stereocenters. The Hall–Kier alpha value is -3.04. The van der Waals surface area contributed by atoms with E-state index < -0.39 is 31.3 Å². The van der Waals surface area contributed by atoms with Crippen molar-refractivity contribution in [2.45, 2.75) is 0 Å². The summed E-state index contributed by atoms with van der Waals surface area (Å²) < 4.78 is 31.8. The summed E-state index contributed by atoms with van der Waals surface area (Å²) in [4.78, 5) is 24.5. The smallest absolute Gasteiger partial charge is 0.314 e. The SMILES string of the molecule is O=C(CP(=O)(c1ccccc1)c1ccccc1)OCC(=O)c1ccc(F)cc1. The largest absolute Gasteiger partial charge is 0.457 e. The Labute approximate surface area is 162 Å². The molecule has 0 aromatic heterocycles. The van der Waals surface area contributed by atoms with Gasteiger partial charge >= 0.3 is 5.97 Å². The van der Waals surface area contributed by atoms with E-state index in [-0.39, 0.29) is 11.7 Å². The van der Waals surface area contributed by atoms with Gasteiger partial charge in [0, 0.05) is 16.2 Å². The van der Waals surface area contributed by atoms with Gasteiger partial charge in [-0.2, -0.15) is 0 Å². The first kappa shape index (κ1) is 19.7. The van der Waals surface area contributed by atoms with E-state index in [9.17, 15) is 18.5 Å². The van der Waals surface area contributed by atoms with Crippen LogP contribution in [0.5, 0.6) is 0 Å². The number of halogens is 1. The van der Waals surface area contributed by atoms with E-state index in [1.54, 1.807) is 60.7 Å². The van der Waals surface area contributed by atoms with Crippen LogP contribution < -0.4 is 10.6 Å². The van der Waals surface area contributed by atoms with Gasteiger partial charge in [-0.25, -0.2) is 4.39 Å². The molecule has 0 radical (unpaired) electrons. The van der Waals surface area contributed by atoms with Crippen molar-refractivity contribution in [3.8, 4) is 0 Å². The summed E-state index contributed by atoms with van der Waals surface area (Å²) in [5.74, 6) is -1.64. The maximum absolute atomic E-state index is 13.8. The highest BCUT2D eigenvalue weighted by molar-refractivity contribution is 7.79. The standard InChI is InChI=1S/C22H18FO4P/c23-18-13-11-17(12-14-18)21(24)15-27-22(25)16-28(26,19-7-3-1-4-8-19)20-9-5-2-6-10-20/h1-14H,15-16H2. The van der Waals surface area contributed by atoms with Crippen LogP contribution in [0.15, 0.2) is 84.9 Å². The summed E-state index contributed by atoms with van der Waals surface area (Å²) in [6, 6.07) is 22.5. The van der Waals surface area contributed by atoms with Crippen LogP contribution >= 0.6 is 7.14 Å². The number of ether oxygens (including phenoxy) is 1. The second-order valence-electron chi connectivity index (χ2n) is 6.16. The van der Waals surface area contributed by atoms with E-state index in [1.165, 1.54) is 12.1 Å². The van der Waals surface area contributed by atoms with Crippen molar-refractivity contribution in [1.29, 1.82) is 0 Å². The van der Waals surface area contributed by atoms with Crippen molar-refractivity contribution >= 4 is 29.5 Å². The van der Waals surface area contributed by atoms with Gasteiger partial charge in [-0.3, -0.25) is 9.59 Å². The lowest BCUT2D eigenvalue weighted by Gasteiger charge is -2.18. The Kier molecular flexibility index (Phi) is 6.17. The number of rotatable bonds is 7. The summed E-state index contributed by atoms with van der Waals surface area (Å²) >= 11 is 0. The molecule has 0 aliphatic carbocycles. The van der Waals surface area contributed by atoms with Crippen LogP contribution in [-0.4, -0.2) is 24.5 Å². The molecule has 0 bridgehead atoms. The molecule has 28 heavy (non-hydrogen) atoms. The van der Waals surface area contributed by atoms with Gasteiger partial charge in [0.15, 0.2) is 19.5 Å². The molecule has 142 valence electrons. The predicted octanol–water partition coefficient (Wildman–Crippen LogP) is 3.57. The van der Waals surface area contributed by atoms with E-state index >= 15 is 0 Å². The lowest BCUT2D eigenvalue weighted by molar-refractivity contribution is -0.139. The fourth-order valence-corrected chi connectivity index (χ4v) is 5.19. The molecule has 0 spiro atoms. The molecule has 0 aliphatic heterocycles. The van der Waals surface area contributed by atoms with Gasteiger partial charge in [0.1, 0.15) is 12.0 Å². The van der Waals surface area contributed by atoms with Gasteiger partial charge in [0.25, 0.3) is 0 Å². The zero-order valence-corrected chi connectivity index (χ0v) is 15.8. The van der Waals surface area contributed by atoms with Crippen molar-refractivity contribution in [3.63, 3.8) is 0 Å². The lowest BCUT2D eigenvalue weighted by atomic mass is 10.1. The molecule has 6 heteroatoms. The highest BCUT2D eigenvalue weighted by Crippen LogP contribution is 2.43. The van der Waals surface area contributed by atoms with Crippen LogP contribution in [0, 0.1) is 5.82 Å². The van der Waals surface area contributed by atoms with Gasteiger partial charge < -0.3 is 9.30 Å². The third-order valence-corrected chi connectivity index (χ3v) is 7.20. The van der Waals surface area contributed by atoms with Crippen LogP contribution in [0.1, 0.15) is 10.4 Å². The normalized spacial score (nSPS) is 11.0. The van der Waals surface area contributed by atoms with Crippen molar-refractivity contribution in [1.82, 2.24) is 0 Å². The van der Waals surface area contributed by atoms with Crippen LogP contribution in [0.2, 0.25) is 0 Å². The minimum Gasteiger partial charge on any atom is -0.457 e. The summed E-state index contributed by atoms with van der Waals surface area (Å²) in [6.07, 6.45) is -0.349. The van der Waals surface area contributed by atoms with Crippen molar-refractivity contribution in [2.24, 2.45) is 0 Å². The first-order valence-electron chi connectivity index (χ1n) is 8.64. The maximum atomic E-state index is 13.8. The molecule has 3 rings (SSSR count). The van der Waals surface area contributed by atoms with E-state index in [1.807, 2.05) is 0 Å². The molecule has 0 N–H and O–H groups in total. The number of hydrogen-bond donors (Lipinski definition) is 0. The number of Topliss-reactive ketones (excluding diaryl/α,β-unsaturated/α-hetero) is 1. The van der Waals surface area contributed by atoms with Crippen LogP contribution in [-0.2, 0) is 14.1 Å². The van der Waals surface area contributed by atoms with Crippen molar-refractivity contribution in [2.75, 3.05) is 12.8 Å². The Balaban J connectivity index is 1.74. The second kappa shape index (κ2) is 8.77. The first-order valence-corrected chi connectivity index (χ1v) is 10.5. The van der Waals surface area contributed by atoms with Crippen LogP contribution in [0.3, 0.4) is 0 Å². The third-order valence-electron chi connectivity index (χ3n) is 4.23. The molecule has 0 amide bonds. The number of benzene rings is 3. The molecule has 0 fully saturated rings. The van der Waals surface area contributed by atoms with Gasteiger partial charge in [-0.05, 0) is 24.3 Å². The van der Waals surface area contributed by atoms with Crippen LogP contribution in [0.4, 0.5) is 4.39 Å². The van der Waals surface area contributed by atoms with Gasteiger partial charge in [-0.1, -0.05) is 60.7 Å². The summed E-state index contributed by atoms with van der Waals surface area (Å²) in [5.41, 5.74) is 0.239. The van der Waals surface area contributed by atoms with E-state index in [0.717, 1.165) is 12.1 Å². The third kappa shape index (κ3) is 4.62. The predicted molar refractivity (Wildman–Crippen MR) is 106 cm³/mol. The zero-order valence-electron chi connectivity index (χ0n) is 15.0. The minimum atomic E-state index is -3.25. The fraction of sp³-hybridized carbons (Fsp3) is 0.0909. The highest BCUT2D eigenvalue weighted by Gasteiger charge is 2.31. The Morgan fingerprint density at radius 2 is 1.29 bits per heavy atom. The zero-order chi connectivity index (χ0) is 20.0. The first-order chi connectivity index (χ1) is 13.5. The molecule has 0 saturated carbocycles. The minimum absolute atomic E-state index is 0.239. The van der Waals surface area contributed by atoms with Gasteiger partial charge in [-0.15, -0.1) is 0 Å². The fourth-order valence-electron chi connectivity index (χ4n) is 2.76. The number of ketones is 1. The molecular weight excluding hydrogens is 378 g/mol. The average molecular weight is 396 g/mol. The molecule has 0 heterocycles. The topological polar surface area (TPSA) is 60.4 Å². The average Bonchev–Trinajstić information content (AvgIpc) is 2.73. The van der Waals surface area contributed by atoms with Gasteiger partial charge in [0.2, 0.25) is 0 Å². The summed E-state index contributed by atoms with van der Waals surface area (Å²) in [6.45, 7) is -0.492. The Bertz CT molecular complexity index is 958. The molecular formula is C22H18FO4P. The molecule has 3 aromatic carbocycles. The van der Waals surface area contributed by atoms with E-state index in [0.29, 0.717) is 10.6 Å². The Morgan fingerprint density at radius 3 is 1.79 bits per heavy atom. The quantitative estimate of drug-likeness (QED) is 0.348. The van der Waals surface area contributed by atoms with Crippen molar-refractivity contribution < 1.29 is 23.3 Å². The number of esters is 1. The molecule has 3 aromatic rings. The molecule has 4 nitrogen and oxygen atoms in total. The van der Waals surface area contributed by atoms with E-state index in [2.05, 4.69) is 0 Å². The number of carbonyl (C=O) groups is 2. The molecule has 0 unspecified atom stereocenters. The summed E-state index contributed by atoms with van der Waals surface area (Å²) in [7, 11) is -3.25. The monoisotopic (exact) mass is 396 g/mol. The molecule has 0 aliphatic rings. The van der Waals surface area contributed by atoms with Crippen LogP contribution in [0.25, 0.3) is 0 Å². The second-order valence-corrected chi connectivity index (χ2v) is 8.99. The lowest BCUT2D eigenvalue weighted by Crippen LogP contribution is -2.25. The Morgan fingerprint density at radius 1 is 0.786 bits per heavy atom. The summed E-state index contributed by atoms with van der Waals surface area (Å²) in [5, 5.41) is 1.09. The molecule has 0 saturated heterocycles. The van der Waals surface area contributed by atoms with Crippen molar-refractivity contribution in [3.05, 3.63) is 96.3 Å². The number of carbonyl (C=O) groups excluding carboxylic acids is 2. The van der Waals surface area contributed by atoms with E-state index in [4.69, 9.17) is 4.74 Å². The maximum Gasteiger partial charge on any atom is 0.314 e. The highest BCUT2D eigenvalue weighted by atomic mass is 31.2.